The van der Waals surface area contributed by atoms with Crippen molar-refractivity contribution >= 4 is 27.8 Å². The molecule has 2 amide bonds. The minimum absolute atomic E-state index is 0.0571. The fourth-order valence-electron chi connectivity index (χ4n) is 2.61. The van der Waals surface area contributed by atoms with Gasteiger partial charge in [0, 0.05) is 5.56 Å². The van der Waals surface area contributed by atoms with Gasteiger partial charge in [0.1, 0.15) is 5.76 Å². The number of benzene rings is 2. The van der Waals surface area contributed by atoms with Gasteiger partial charge in [0.25, 0.3) is 11.8 Å². The van der Waals surface area contributed by atoms with Crippen molar-refractivity contribution in [3.63, 3.8) is 0 Å². The predicted molar refractivity (Wildman–Crippen MR) is 116 cm³/mol. The molecule has 172 valence electrons. The van der Waals surface area contributed by atoms with Crippen molar-refractivity contribution in [1.29, 1.82) is 0 Å². The van der Waals surface area contributed by atoms with E-state index < -0.39 is 34.4 Å². The Hall–Kier alpha value is -3.96. The zero-order chi connectivity index (χ0) is 23.8. The number of nitrogens with one attached hydrogen (secondary N) is 3. The maximum Gasteiger partial charge on any atom is 0.338 e. The topological polar surface area (TPSA) is 144 Å². The van der Waals surface area contributed by atoms with Crippen LogP contribution in [-0.4, -0.2) is 32.8 Å². The molecule has 0 atom stereocenters. The Kier molecular flexibility index (Phi) is 7.59. The number of rotatable bonds is 8. The molecule has 0 fully saturated rings. The molecule has 3 aromatic rings. The monoisotopic (exact) mass is 471 g/mol. The predicted octanol–water partition coefficient (Wildman–Crippen LogP) is 1.68. The van der Waals surface area contributed by atoms with Gasteiger partial charge in [-0.1, -0.05) is 23.8 Å². The fourth-order valence-corrected chi connectivity index (χ4v) is 3.65. The van der Waals surface area contributed by atoms with E-state index in [-0.39, 0.29) is 17.0 Å². The average Bonchev–Trinajstić information content (AvgIpc) is 3.34. The molecule has 0 unspecified atom stereocenters. The van der Waals surface area contributed by atoms with Crippen LogP contribution in [-0.2, 0) is 26.1 Å². The Balaban J connectivity index is 1.51. The minimum Gasteiger partial charge on any atom is -0.468 e. The molecule has 0 aliphatic heterocycles. The van der Waals surface area contributed by atoms with Gasteiger partial charge in [-0.05, 0) is 49.4 Å². The Labute approximate surface area is 190 Å². The summed E-state index contributed by atoms with van der Waals surface area (Å²) < 4.78 is 37.2. The zero-order valence-electron chi connectivity index (χ0n) is 17.5. The van der Waals surface area contributed by atoms with E-state index in [4.69, 9.17) is 9.15 Å². The quantitative estimate of drug-likeness (QED) is 0.335. The van der Waals surface area contributed by atoms with Gasteiger partial charge in [-0.2, -0.15) is 0 Å². The summed E-state index contributed by atoms with van der Waals surface area (Å²) in [6, 6.07) is 15.1. The van der Waals surface area contributed by atoms with Gasteiger partial charge < -0.3 is 9.15 Å². The third-order valence-corrected chi connectivity index (χ3v) is 5.76. The summed E-state index contributed by atoms with van der Waals surface area (Å²) >= 11 is 0. The summed E-state index contributed by atoms with van der Waals surface area (Å²) in [5.41, 5.74) is 5.61. The maximum atomic E-state index is 12.4. The summed E-state index contributed by atoms with van der Waals surface area (Å²) in [6.07, 6.45) is 1.42. The summed E-state index contributed by atoms with van der Waals surface area (Å²) in [4.78, 5) is 35.9. The summed E-state index contributed by atoms with van der Waals surface area (Å²) in [5.74, 6) is -1.78. The lowest BCUT2D eigenvalue weighted by molar-refractivity contribution is -0.125. The number of hydrogen-bond donors (Lipinski definition) is 3. The van der Waals surface area contributed by atoms with Crippen molar-refractivity contribution in [1.82, 2.24) is 15.6 Å². The standard InChI is InChI=1S/C22H21N3O7S/c1-15-7-9-16(10-8-15)21(27)25-24-20(26)14-32-22(28)17-4-2-6-19(12-17)33(29,30)23-13-18-5-3-11-31-18/h2-12,23H,13-14H2,1H3,(H,24,26)(H,25,27). The van der Waals surface area contributed by atoms with Gasteiger partial charge in [0.15, 0.2) is 6.61 Å². The van der Waals surface area contributed by atoms with Crippen molar-refractivity contribution in [3.8, 4) is 0 Å². The van der Waals surface area contributed by atoms with E-state index in [1.807, 2.05) is 6.92 Å². The lowest BCUT2D eigenvalue weighted by Crippen LogP contribution is -2.43. The number of esters is 1. The number of ether oxygens (including phenoxy) is 1. The fraction of sp³-hybridized carbons (Fsp3) is 0.136. The molecule has 33 heavy (non-hydrogen) atoms. The largest absolute Gasteiger partial charge is 0.468 e. The number of furan rings is 1. The van der Waals surface area contributed by atoms with E-state index >= 15 is 0 Å². The summed E-state index contributed by atoms with van der Waals surface area (Å²) in [6.45, 7) is 1.14. The Morgan fingerprint density at radius 2 is 1.70 bits per heavy atom. The van der Waals surface area contributed by atoms with Crippen molar-refractivity contribution in [2.45, 2.75) is 18.4 Å². The number of sulfonamides is 1. The van der Waals surface area contributed by atoms with Crippen LogP contribution in [0.5, 0.6) is 0 Å². The smallest absolute Gasteiger partial charge is 0.338 e. The number of hydrogen-bond acceptors (Lipinski definition) is 7. The van der Waals surface area contributed by atoms with Crippen LogP contribution in [0.4, 0.5) is 0 Å². The summed E-state index contributed by atoms with van der Waals surface area (Å²) in [5, 5.41) is 0. The first-order valence-electron chi connectivity index (χ1n) is 9.70. The molecule has 10 nitrogen and oxygen atoms in total. The van der Waals surface area contributed by atoms with Crippen molar-refractivity contribution in [2.75, 3.05) is 6.61 Å². The second-order valence-electron chi connectivity index (χ2n) is 6.88. The van der Waals surface area contributed by atoms with E-state index in [0.717, 1.165) is 11.6 Å². The molecule has 2 aromatic carbocycles. The normalized spacial score (nSPS) is 10.9. The van der Waals surface area contributed by atoms with E-state index in [2.05, 4.69) is 15.6 Å². The lowest BCUT2D eigenvalue weighted by atomic mass is 10.1. The number of hydrazine groups is 1. The van der Waals surface area contributed by atoms with E-state index in [1.165, 1.54) is 24.5 Å². The third kappa shape index (κ3) is 6.76. The zero-order valence-corrected chi connectivity index (χ0v) is 18.3. The maximum absolute atomic E-state index is 12.4. The lowest BCUT2D eigenvalue weighted by Gasteiger charge is -2.09. The van der Waals surface area contributed by atoms with Crippen LogP contribution in [0.15, 0.2) is 76.2 Å². The van der Waals surface area contributed by atoms with Gasteiger partial charge in [0.05, 0.1) is 23.3 Å². The van der Waals surface area contributed by atoms with Crippen LogP contribution in [0.2, 0.25) is 0 Å². The van der Waals surface area contributed by atoms with Crippen LogP contribution >= 0.6 is 0 Å². The van der Waals surface area contributed by atoms with Crippen LogP contribution in [0.1, 0.15) is 32.0 Å². The van der Waals surface area contributed by atoms with Gasteiger partial charge in [-0.15, -0.1) is 0 Å². The summed E-state index contributed by atoms with van der Waals surface area (Å²) in [7, 11) is -3.92. The Bertz CT molecular complexity index is 1240. The highest BCUT2D eigenvalue weighted by Gasteiger charge is 2.18. The highest BCUT2D eigenvalue weighted by molar-refractivity contribution is 7.89. The number of amides is 2. The molecule has 0 saturated heterocycles. The van der Waals surface area contributed by atoms with Crippen molar-refractivity contribution in [3.05, 3.63) is 89.4 Å². The molecule has 3 N–H and O–H groups in total. The minimum atomic E-state index is -3.92. The molecule has 0 aliphatic carbocycles. The highest BCUT2D eigenvalue weighted by Crippen LogP contribution is 2.13. The molecule has 0 aliphatic rings. The Morgan fingerprint density at radius 1 is 0.939 bits per heavy atom. The molecule has 3 rings (SSSR count). The number of carbonyl (C=O) groups is 3. The average molecular weight is 471 g/mol. The van der Waals surface area contributed by atoms with Gasteiger partial charge >= 0.3 is 5.97 Å². The molecule has 1 aromatic heterocycles. The van der Waals surface area contributed by atoms with E-state index in [1.54, 1.807) is 36.4 Å². The molecule has 0 radical (unpaired) electrons. The highest BCUT2D eigenvalue weighted by atomic mass is 32.2. The molecule has 0 saturated carbocycles. The molecule has 0 spiro atoms. The van der Waals surface area contributed by atoms with Gasteiger partial charge in [-0.3, -0.25) is 20.4 Å². The third-order valence-electron chi connectivity index (χ3n) is 4.36. The van der Waals surface area contributed by atoms with Crippen molar-refractivity contribution in [2.24, 2.45) is 0 Å². The second-order valence-corrected chi connectivity index (χ2v) is 8.64. The molecular weight excluding hydrogens is 450 g/mol. The number of aryl methyl sites for hydroxylation is 1. The van der Waals surface area contributed by atoms with Crippen molar-refractivity contribution < 1.29 is 32.0 Å². The van der Waals surface area contributed by atoms with Crippen LogP contribution in [0, 0.1) is 6.92 Å². The molecular formula is C22H21N3O7S. The first-order valence-corrected chi connectivity index (χ1v) is 11.2. The molecule has 11 heteroatoms. The van der Waals surface area contributed by atoms with E-state index in [9.17, 15) is 22.8 Å². The van der Waals surface area contributed by atoms with Crippen LogP contribution < -0.4 is 15.6 Å². The van der Waals surface area contributed by atoms with Crippen LogP contribution in [0.25, 0.3) is 0 Å². The molecule has 1 heterocycles. The SMILES string of the molecule is Cc1ccc(C(=O)NNC(=O)COC(=O)c2cccc(S(=O)(=O)NCc3ccco3)c2)cc1. The van der Waals surface area contributed by atoms with Crippen LogP contribution in [0.3, 0.4) is 0 Å². The number of carbonyl (C=O) groups excluding carboxylic acids is 3. The van der Waals surface area contributed by atoms with Gasteiger partial charge in [-0.25, -0.2) is 17.9 Å². The van der Waals surface area contributed by atoms with Gasteiger partial charge in [0.2, 0.25) is 10.0 Å². The first-order chi connectivity index (χ1) is 15.7. The van der Waals surface area contributed by atoms with E-state index in [0.29, 0.717) is 11.3 Å². The first kappa shape index (κ1) is 23.7. The second kappa shape index (κ2) is 10.6. The Morgan fingerprint density at radius 3 is 2.39 bits per heavy atom. The molecule has 0 bridgehead atoms.